The highest BCUT2D eigenvalue weighted by Crippen LogP contribution is 2.37. The van der Waals surface area contributed by atoms with Crippen molar-refractivity contribution in [2.24, 2.45) is 0 Å². The number of hydrogen-bond acceptors (Lipinski definition) is 11. The average Bonchev–Trinajstić information content (AvgIpc) is 3.79. The fourth-order valence-corrected chi connectivity index (χ4v) is 6.68. The van der Waals surface area contributed by atoms with Crippen molar-refractivity contribution in [3.8, 4) is 6.07 Å². The van der Waals surface area contributed by atoms with Crippen molar-refractivity contribution >= 4 is 46.5 Å². The standard InChI is InChI=1S/C40H39F3N10O6/c1-2-30(54)50-28-19-29(32(55)33(28)59-38(57)40(41,42)43)53-22-48-31-34(47-21-27(24-9-5-3-6-10-24)25-11-7-4-8-12-25)51-35(52-36(31)53)37(56)45-17-18-46-39(58)49-26-15-13-23(20-44)14-16-26/h3-16,22,27-29,32-33,55H,2,17-19,21H2,1H3,(H,45,56)(H,50,54)(H2,46,49,58)(H,47,51,52)/t28-,29+,32-,33+/m0/s1. The van der Waals surface area contributed by atoms with Crippen LogP contribution < -0.4 is 26.6 Å². The van der Waals surface area contributed by atoms with Gasteiger partial charge in [-0.05, 0) is 41.8 Å². The first kappa shape index (κ1) is 41.6. The molecule has 306 valence electrons. The van der Waals surface area contributed by atoms with E-state index in [1.807, 2.05) is 66.7 Å². The number of aliphatic hydroxyl groups excluding tert-OH is 1. The normalized spacial score (nSPS) is 17.5. The summed E-state index contributed by atoms with van der Waals surface area (Å²) >= 11 is 0. The SMILES string of the molecule is CCC(=O)N[C@H]1C[C@@H](n2cnc3c(NCC(c4ccccc4)c4ccccc4)nc(C(=O)NCCNC(=O)Nc4ccc(C#N)cc4)nc32)[C@H](O)[C@@H]1OC(=O)C(F)(F)F. The average molecular weight is 813 g/mol. The minimum absolute atomic E-state index is 0.00780. The minimum Gasteiger partial charge on any atom is -0.451 e. The lowest BCUT2D eigenvalue weighted by atomic mass is 9.91. The van der Waals surface area contributed by atoms with E-state index in [2.05, 4.69) is 41.5 Å². The lowest BCUT2D eigenvalue weighted by Crippen LogP contribution is -2.47. The van der Waals surface area contributed by atoms with Gasteiger partial charge in [-0.25, -0.2) is 24.5 Å². The van der Waals surface area contributed by atoms with Gasteiger partial charge in [0.2, 0.25) is 11.7 Å². The van der Waals surface area contributed by atoms with E-state index >= 15 is 0 Å². The Morgan fingerprint density at radius 3 is 2.20 bits per heavy atom. The lowest BCUT2D eigenvalue weighted by Gasteiger charge is -2.24. The molecule has 0 saturated heterocycles. The molecule has 4 atom stereocenters. The van der Waals surface area contributed by atoms with Crippen LogP contribution in [0.4, 0.5) is 29.5 Å². The number of nitrogens with zero attached hydrogens (tertiary/aromatic N) is 5. The molecular weight excluding hydrogens is 773 g/mol. The number of rotatable bonds is 14. The fraction of sp³-hybridized carbons (Fsp3) is 0.300. The first-order valence-corrected chi connectivity index (χ1v) is 18.5. The van der Waals surface area contributed by atoms with Crippen molar-refractivity contribution in [2.45, 2.75) is 56.2 Å². The Morgan fingerprint density at radius 1 is 0.949 bits per heavy atom. The van der Waals surface area contributed by atoms with Crippen LogP contribution in [0.3, 0.4) is 0 Å². The van der Waals surface area contributed by atoms with Crippen LogP contribution in [0.5, 0.6) is 0 Å². The van der Waals surface area contributed by atoms with E-state index in [0.29, 0.717) is 11.3 Å². The van der Waals surface area contributed by atoms with Gasteiger partial charge in [-0.1, -0.05) is 67.6 Å². The van der Waals surface area contributed by atoms with Gasteiger partial charge in [0.25, 0.3) is 5.91 Å². The smallest absolute Gasteiger partial charge is 0.451 e. The van der Waals surface area contributed by atoms with Crippen molar-refractivity contribution in [1.29, 1.82) is 5.26 Å². The third-order valence-corrected chi connectivity index (χ3v) is 9.59. The van der Waals surface area contributed by atoms with E-state index in [4.69, 9.17) is 10.00 Å². The number of alkyl halides is 3. The molecule has 1 aliphatic carbocycles. The molecule has 3 aromatic carbocycles. The van der Waals surface area contributed by atoms with E-state index in [1.165, 1.54) is 17.8 Å². The number of nitrogens with one attached hydrogen (secondary N) is 5. The van der Waals surface area contributed by atoms with Crippen LogP contribution >= 0.6 is 0 Å². The zero-order valence-electron chi connectivity index (χ0n) is 31.4. The molecule has 1 saturated carbocycles. The summed E-state index contributed by atoms with van der Waals surface area (Å²) in [6.45, 7) is 1.73. The second-order valence-corrected chi connectivity index (χ2v) is 13.5. The van der Waals surface area contributed by atoms with Gasteiger partial charge >= 0.3 is 18.2 Å². The Labute approximate surface area is 335 Å². The molecule has 6 rings (SSSR count). The molecule has 0 unspecified atom stereocenters. The Bertz CT molecular complexity index is 2280. The summed E-state index contributed by atoms with van der Waals surface area (Å²) in [7, 11) is 0. The Hall–Kier alpha value is -7.07. The number of anilines is 2. The Balaban J connectivity index is 1.28. The predicted molar refractivity (Wildman–Crippen MR) is 207 cm³/mol. The van der Waals surface area contributed by atoms with Crippen LogP contribution in [0.15, 0.2) is 91.3 Å². The van der Waals surface area contributed by atoms with Crippen LogP contribution in [-0.2, 0) is 14.3 Å². The van der Waals surface area contributed by atoms with Crippen molar-refractivity contribution < 1.29 is 42.2 Å². The monoisotopic (exact) mass is 812 g/mol. The maximum atomic E-state index is 13.6. The van der Waals surface area contributed by atoms with Gasteiger partial charge in [0.15, 0.2) is 17.6 Å². The number of aliphatic hydroxyl groups is 1. The van der Waals surface area contributed by atoms with Gasteiger partial charge in [-0.15, -0.1) is 0 Å². The highest BCUT2D eigenvalue weighted by Gasteiger charge is 2.51. The highest BCUT2D eigenvalue weighted by molar-refractivity contribution is 5.94. The first-order valence-electron chi connectivity index (χ1n) is 18.5. The number of carbonyl (C=O) groups is 4. The van der Waals surface area contributed by atoms with E-state index < -0.39 is 54.3 Å². The van der Waals surface area contributed by atoms with E-state index in [1.54, 1.807) is 24.3 Å². The summed E-state index contributed by atoms with van der Waals surface area (Å²) in [6, 6.07) is 24.6. The lowest BCUT2D eigenvalue weighted by molar-refractivity contribution is -0.209. The molecule has 5 aromatic rings. The molecule has 1 fully saturated rings. The highest BCUT2D eigenvalue weighted by atomic mass is 19.4. The van der Waals surface area contributed by atoms with E-state index in [9.17, 15) is 37.5 Å². The number of esters is 1. The minimum atomic E-state index is -5.36. The van der Waals surface area contributed by atoms with E-state index in [0.717, 1.165) is 11.1 Å². The van der Waals surface area contributed by atoms with Crippen LogP contribution in [0.2, 0.25) is 0 Å². The van der Waals surface area contributed by atoms with Gasteiger partial charge in [-0.2, -0.15) is 18.4 Å². The number of ether oxygens (including phenoxy) is 1. The summed E-state index contributed by atoms with van der Waals surface area (Å²) in [5, 5.41) is 34.1. The number of benzene rings is 3. The summed E-state index contributed by atoms with van der Waals surface area (Å²) < 4.78 is 45.9. The van der Waals surface area contributed by atoms with Gasteiger partial charge in [-0.3, -0.25) is 9.59 Å². The number of aromatic nitrogens is 4. The molecule has 59 heavy (non-hydrogen) atoms. The molecule has 19 heteroatoms. The van der Waals surface area contributed by atoms with Crippen LogP contribution in [0.1, 0.15) is 59.0 Å². The predicted octanol–water partition coefficient (Wildman–Crippen LogP) is 4.17. The van der Waals surface area contributed by atoms with Crippen LogP contribution in [0.25, 0.3) is 11.2 Å². The summed E-state index contributed by atoms with van der Waals surface area (Å²) in [6.07, 6.45) is -7.88. The third kappa shape index (κ3) is 10.1. The van der Waals surface area contributed by atoms with Gasteiger partial charge < -0.3 is 41.0 Å². The van der Waals surface area contributed by atoms with Gasteiger partial charge in [0.1, 0.15) is 11.6 Å². The van der Waals surface area contributed by atoms with Crippen LogP contribution in [0, 0.1) is 11.3 Å². The largest absolute Gasteiger partial charge is 0.490 e. The Kier molecular flexibility index (Phi) is 13.0. The first-order chi connectivity index (χ1) is 28.4. The second kappa shape index (κ2) is 18.5. The molecular formula is C40H39F3N10O6. The molecule has 0 spiro atoms. The van der Waals surface area contributed by atoms with Gasteiger partial charge in [0.05, 0.1) is 30.0 Å². The third-order valence-electron chi connectivity index (χ3n) is 9.59. The topological polar surface area (TPSA) is 225 Å². The fourth-order valence-electron chi connectivity index (χ4n) is 6.68. The molecule has 2 heterocycles. The zero-order valence-corrected chi connectivity index (χ0v) is 31.4. The molecule has 6 N–H and O–H groups in total. The molecule has 4 amide bonds. The van der Waals surface area contributed by atoms with Gasteiger partial charge in [0, 0.05) is 37.7 Å². The van der Waals surface area contributed by atoms with Crippen molar-refractivity contribution in [1.82, 2.24) is 35.5 Å². The van der Waals surface area contributed by atoms with Crippen molar-refractivity contribution in [2.75, 3.05) is 30.3 Å². The number of fused-ring (bicyclic) bond motifs is 1. The molecule has 0 aliphatic heterocycles. The number of hydrogen-bond donors (Lipinski definition) is 6. The number of carbonyl (C=O) groups excluding carboxylic acids is 4. The Morgan fingerprint density at radius 2 is 1.59 bits per heavy atom. The maximum absolute atomic E-state index is 13.6. The molecule has 0 radical (unpaired) electrons. The quantitative estimate of drug-likeness (QED) is 0.0690. The molecule has 16 nitrogen and oxygen atoms in total. The van der Waals surface area contributed by atoms with Crippen LogP contribution in [-0.4, -0.2) is 92.5 Å². The number of imidazole rings is 1. The number of urea groups is 1. The zero-order chi connectivity index (χ0) is 42.1. The summed E-state index contributed by atoms with van der Waals surface area (Å²) in [4.78, 5) is 63.8. The molecule has 2 aromatic heterocycles. The summed E-state index contributed by atoms with van der Waals surface area (Å²) in [5.74, 6) is -4.26. The van der Waals surface area contributed by atoms with Crippen molar-refractivity contribution in [3.63, 3.8) is 0 Å². The number of nitriles is 1. The molecule has 0 bridgehead atoms. The maximum Gasteiger partial charge on any atom is 0.490 e. The number of halogens is 3. The van der Waals surface area contributed by atoms with Crippen molar-refractivity contribution in [3.05, 3.63) is 114 Å². The van der Waals surface area contributed by atoms with E-state index in [-0.39, 0.29) is 61.2 Å². The number of amides is 4. The second-order valence-electron chi connectivity index (χ2n) is 13.5. The summed E-state index contributed by atoms with van der Waals surface area (Å²) in [5.41, 5.74) is 2.98. The molecule has 1 aliphatic rings.